The van der Waals surface area contributed by atoms with E-state index in [1.165, 1.54) is 24.0 Å². The lowest BCUT2D eigenvalue weighted by molar-refractivity contribution is -0.116. The van der Waals surface area contributed by atoms with Crippen LogP contribution in [0.1, 0.15) is 18.4 Å². The minimum absolute atomic E-state index is 0.179. The number of carbonyl (C=O) groups excluding carboxylic acids is 2. The molecule has 0 atom stereocenters. The molecule has 3 aliphatic rings. The fourth-order valence-corrected chi connectivity index (χ4v) is 5.88. The van der Waals surface area contributed by atoms with E-state index >= 15 is 0 Å². The molecule has 10 heteroatoms. The third-order valence-electron chi connectivity index (χ3n) is 8.51. The fourth-order valence-electron chi connectivity index (χ4n) is 5.88. The van der Waals surface area contributed by atoms with Crippen LogP contribution in [0.5, 0.6) is 11.5 Å². The second-order valence-corrected chi connectivity index (χ2v) is 11.5. The lowest BCUT2D eigenvalue weighted by Gasteiger charge is -2.37. The van der Waals surface area contributed by atoms with Crippen molar-refractivity contribution in [2.75, 3.05) is 65.3 Å². The molecule has 0 bridgehead atoms. The quantitative estimate of drug-likeness (QED) is 0.378. The van der Waals surface area contributed by atoms with E-state index in [9.17, 15) is 9.59 Å². The molecule has 3 aromatic rings. The van der Waals surface area contributed by atoms with Gasteiger partial charge < -0.3 is 24.6 Å². The van der Waals surface area contributed by atoms with Crippen molar-refractivity contribution in [2.24, 2.45) is 5.92 Å². The SMILES string of the molecule is COc1cc2c(NC3=CC(=O)C(N4CCN(Cc5ccccc5)CC4)=CC3=O)ncnc2cc1OCC1CCN(C)CC1. The van der Waals surface area contributed by atoms with Gasteiger partial charge in [-0.05, 0) is 50.5 Å². The number of methoxy groups -OCH3 is 1. The number of piperazine rings is 1. The van der Waals surface area contributed by atoms with Crippen molar-refractivity contribution in [3.05, 3.63) is 77.9 Å². The van der Waals surface area contributed by atoms with Crippen LogP contribution in [0.4, 0.5) is 5.82 Å². The minimum Gasteiger partial charge on any atom is -0.493 e. The molecule has 1 N–H and O–H groups in total. The molecule has 1 aromatic heterocycles. The van der Waals surface area contributed by atoms with Gasteiger partial charge in [0.25, 0.3) is 0 Å². The molecule has 0 spiro atoms. The first-order valence-corrected chi connectivity index (χ1v) is 14.9. The molecule has 0 radical (unpaired) electrons. The van der Waals surface area contributed by atoms with Gasteiger partial charge in [0.1, 0.15) is 12.1 Å². The van der Waals surface area contributed by atoms with Crippen LogP contribution in [0.25, 0.3) is 10.9 Å². The normalized spacial score (nSPS) is 18.9. The number of piperidine rings is 1. The minimum atomic E-state index is -0.266. The predicted octanol–water partition coefficient (Wildman–Crippen LogP) is 3.51. The van der Waals surface area contributed by atoms with Gasteiger partial charge in [-0.15, -0.1) is 0 Å². The van der Waals surface area contributed by atoms with E-state index in [2.05, 4.69) is 44.3 Å². The van der Waals surface area contributed by atoms with E-state index in [1.54, 1.807) is 7.11 Å². The molecule has 10 nitrogen and oxygen atoms in total. The van der Waals surface area contributed by atoms with Crippen molar-refractivity contribution in [2.45, 2.75) is 19.4 Å². The summed E-state index contributed by atoms with van der Waals surface area (Å²) in [6.07, 6.45) is 6.45. The molecule has 2 saturated heterocycles. The summed E-state index contributed by atoms with van der Waals surface area (Å²) < 4.78 is 11.8. The number of hydrogen-bond donors (Lipinski definition) is 1. The molecular formula is C33H38N6O4. The van der Waals surface area contributed by atoms with Gasteiger partial charge in [0.2, 0.25) is 11.6 Å². The number of ketones is 2. The number of nitrogens with one attached hydrogen (secondary N) is 1. The number of carbonyl (C=O) groups is 2. The van der Waals surface area contributed by atoms with Gasteiger partial charge in [-0.3, -0.25) is 14.5 Å². The van der Waals surface area contributed by atoms with E-state index in [0.717, 1.165) is 45.6 Å². The van der Waals surface area contributed by atoms with E-state index in [-0.39, 0.29) is 17.3 Å². The summed E-state index contributed by atoms with van der Waals surface area (Å²) in [7, 11) is 3.74. The van der Waals surface area contributed by atoms with Gasteiger partial charge in [0.15, 0.2) is 11.5 Å². The fraction of sp³-hybridized carbons (Fsp3) is 0.394. The molecule has 2 aromatic carbocycles. The van der Waals surface area contributed by atoms with Crippen molar-refractivity contribution < 1.29 is 19.1 Å². The summed E-state index contributed by atoms with van der Waals surface area (Å²) in [4.78, 5) is 41.9. The summed E-state index contributed by atoms with van der Waals surface area (Å²) >= 11 is 0. The summed E-state index contributed by atoms with van der Waals surface area (Å²) in [6, 6.07) is 14.0. The summed E-state index contributed by atoms with van der Waals surface area (Å²) in [5, 5.41) is 3.75. The number of rotatable bonds is 9. The van der Waals surface area contributed by atoms with Crippen LogP contribution in [-0.2, 0) is 16.1 Å². The van der Waals surface area contributed by atoms with E-state index < -0.39 is 0 Å². The molecule has 1 aliphatic carbocycles. The second kappa shape index (κ2) is 12.9. The van der Waals surface area contributed by atoms with Crippen LogP contribution in [0.15, 0.2) is 72.3 Å². The predicted molar refractivity (Wildman–Crippen MR) is 165 cm³/mol. The first kappa shape index (κ1) is 28.8. The van der Waals surface area contributed by atoms with Crippen molar-refractivity contribution in [1.82, 2.24) is 24.7 Å². The number of aromatic nitrogens is 2. The summed E-state index contributed by atoms with van der Waals surface area (Å²) in [5.41, 5.74) is 2.54. The van der Waals surface area contributed by atoms with Crippen molar-refractivity contribution in [3.63, 3.8) is 0 Å². The van der Waals surface area contributed by atoms with Gasteiger partial charge >= 0.3 is 0 Å². The lowest BCUT2D eigenvalue weighted by Crippen LogP contribution is -2.47. The zero-order chi connectivity index (χ0) is 29.8. The molecule has 0 unspecified atom stereocenters. The molecule has 43 heavy (non-hydrogen) atoms. The maximum atomic E-state index is 13.2. The molecule has 224 valence electrons. The summed E-state index contributed by atoms with van der Waals surface area (Å²) in [6.45, 7) is 6.65. The highest BCUT2D eigenvalue weighted by molar-refractivity contribution is 6.21. The molecule has 2 fully saturated rings. The molecule has 2 aliphatic heterocycles. The Kier molecular flexibility index (Phi) is 8.67. The standard InChI is InChI=1S/C33H38N6O4/c1-37-10-8-24(9-11-37)21-43-32-18-26-25(16-31(32)42-2)33(35-22-34-26)36-27-17-30(41)28(19-29(27)40)39-14-12-38(13-15-39)20-23-6-4-3-5-7-23/h3-7,16-19,22,24H,8-15,20-21H2,1-2H3,(H,34,35,36). The van der Waals surface area contributed by atoms with Crippen molar-refractivity contribution in [1.29, 1.82) is 0 Å². The van der Waals surface area contributed by atoms with Crippen LogP contribution < -0.4 is 14.8 Å². The number of likely N-dealkylation sites (tertiary alicyclic amines) is 1. The number of ether oxygens (including phenoxy) is 2. The Morgan fingerprint density at radius 1 is 0.907 bits per heavy atom. The Bertz CT molecular complexity index is 1540. The number of allylic oxidation sites excluding steroid dienone is 2. The first-order chi connectivity index (χ1) is 21.0. The topological polar surface area (TPSA) is 100 Å². The smallest absolute Gasteiger partial charge is 0.204 e. The van der Waals surface area contributed by atoms with Crippen LogP contribution in [0.2, 0.25) is 0 Å². The number of benzene rings is 2. The average Bonchev–Trinajstić information content (AvgIpc) is 3.03. The Labute approximate surface area is 252 Å². The van der Waals surface area contributed by atoms with Crippen molar-refractivity contribution >= 4 is 28.3 Å². The second-order valence-electron chi connectivity index (χ2n) is 11.5. The van der Waals surface area contributed by atoms with Crippen LogP contribution in [0.3, 0.4) is 0 Å². The zero-order valence-electron chi connectivity index (χ0n) is 24.8. The lowest BCUT2D eigenvalue weighted by atomic mass is 9.98. The van der Waals surface area contributed by atoms with E-state index in [0.29, 0.717) is 59.5 Å². The molecule has 6 rings (SSSR count). The van der Waals surface area contributed by atoms with E-state index in [1.807, 2.05) is 35.2 Å². The van der Waals surface area contributed by atoms with Crippen LogP contribution >= 0.6 is 0 Å². The largest absolute Gasteiger partial charge is 0.493 e. The maximum Gasteiger partial charge on any atom is 0.204 e. The number of anilines is 1. The molecular weight excluding hydrogens is 544 g/mol. The third-order valence-corrected chi connectivity index (χ3v) is 8.51. The van der Waals surface area contributed by atoms with Gasteiger partial charge in [-0.1, -0.05) is 30.3 Å². The number of nitrogens with zero attached hydrogens (tertiary/aromatic N) is 5. The zero-order valence-corrected chi connectivity index (χ0v) is 24.8. The monoisotopic (exact) mass is 582 g/mol. The van der Waals surface area contributed by atoms with Gasteiger partial charge in [-0.2, -0.15) is 0 Å². The Hall–Kier alpha value is -4.28. The maximum absolute atomic E-state index is 13.2. The highest BCUT2D eigenvalue weighted by Crippen LogP contribution is 2.35. The Balaban J connectivity index is 1.11. The molecule has 3 heterocycles. The Morgan fingerprint density at radius 2 is 1.67 bits per heavy atom. The van der Waals surface area contributed by atoms with Crippen LogP contribution in [0, 0.1) is 5.92 Å². The van der Waals surface area contributed by atoms with Gasteiger partial charge in [0.05, 0.1) is 30.6 Å². The highest BCUT2D eigenvalue weighted by atomic mass is 16.5. The molecule has 0 saturated carbocycles. The third kappa shape index (κ3) is 6.71. The number of hydrogen-bond acceptors (Lipinski definition) is 10. The van der Waals surface area contributed by atoms with E-state index in [4.69, 9.17) is 9.47 Å². The van der Waals surface area contributed by atoms with Gasteiger partial charge in [-0.25, -0.2) is 9.97 Å². The number of fused-ring (bicyclic) bond motifs is 1. The van der Waals surface area contributed by atoms with Gasteiger partial charge in [0, 0.05) is 56.3 Å². The van der Waals surface area contributed by atoms with Crippen molar-refractivity contribution in [3.8, 4) is 11.5 Å². The molecule has 0 amide bonds. The summed E-state index contributed by atoms with van der Waals surface area (Å²) in [5.74, 6) is 1.64. The average molecular weight is 583 g/mol. The Morgan fingerprint density at radius 3 is 2.42 bits per heavy atom. The highest BCUT2D eigenvalue weighted by Gasteiger charge is 2.28. The van der Waals surface area contributed by atoms with Crippen LogP contribution in [-0.4, -0.2) is 96.3 Å². The first-order valence-electron chi connectivity index (χ1n) is 14.9.